The second kappa shape index (κ2) is 5.95. The molecule has 2 N–H and O–H groups in total. The van der Waals surface area contributed by atoms with Crippen LogP contribution in [-0.4, -0.2) is 44.7 Å². The van der Waals surface area contributed by atoms with Gasteiger partial charge in [-0.1, -0.05) is 0 Å². The minimum absolute atomic E-state index is 0.0676. The van der Waals surface area contributed by atoms with Crippen molar-refractivity contribution >= 4 is 22.8 Å². The van der Waals surface area contributed by atoms with Gasteiger partial charge >= 0.3 is 5.97 Å². The molecular formula is C15H19N3O3. The number of rotatable bonds is 5. The van der Waals surface area contributed by atoms with Crippen LogP contribution in [0.5, 0.6) is 0 Å². The van der Waals surface area contributed by atoms with Crippen molar-refractivity contribution in [1.82, 2.24) is 15.1 Å². The SMILES string of the molecule is Cc1cc(C(=O)N(CCC(=O)O)C(C)C)c2[nH]ncc2c1. The van der Waals surface area contributed by atoms with E-state index in [1.165, 1.54) is 0 Å². The molecule has 0 unspecified atom stereocenters. The summed E-state index contributed by atoms with van der Waals surface area (Å²) in [4.78, 5) is 25.1. The average Bonchev–Trinajstić information content (AvgIpc) is 2.84. The van der Waals surface area contributed by atoms with Crippen LogP contribution in [0.2, 0.25) is 0 Å². The summed E-state index contributed by atoms with van der Waals surface area (Å²) in [5, 5.41) is 16.5. The van der Waals surface area contributed by atoms with Crippen molar-refractivity contribution in [3.8, 4) is 0 Å². The zero-order valence-electron chi connectivity index (χ0n) is 12.4. The summed E-state index contributed by atoms with van der Waals surface area (Å²) in [5.41, 5.74) is 2.18. The molecule has 21 heavy (non-hydrogen) atoms. The fraction of sp³-hybridized carbons (Fsp3) is 0.400. The van der Waals surface area contributed by atoms with Crippen LogP contribution in [-0.2, 0) is 4.79 Å². The molecule has 1 aromatic heterocycles. The molecule has 1 heterocycles. The maximum absolute atomic E-state index is 12.7. The lowest BCUT2D eigenvalue weighted by Crippen LogP contribution is -2.38. The van der Waals surface area contributed by atoms with Crippen LogP contribution in [0.1, 0.15) is 36.2 Å². The summed E-state index contributed by atoms with van der Waals surface area (Å²) < 4.78 is 0. The van der Waals surface area contributed by atoms with Crippen molar-refractivity contribution in [3.63, 3.8) is 0 Å². The van der Waals surface area contributed by atoms with Gasteiger partial charge in [0.15, 0.2) is 0 Å². The number of aryl methyl sites for hydroxylation is 1. The van der Waals surface area contributed by atoms with E-state index >= 15 is 0 Å². The molecule has 2 aromatic rings. The van der Waals surface area contributed by atoms with E-state index in [-0.39, 0.29) is 24.9 Å². The maximum Gasteiger partial charge on any atom is 0.305 e. The zero-order valence-corrected chi connectivity index (χ0v) is 12.4. The number of nitrogens with one attached hydrogen (secondary N) is 1. The number of aromatic amines is 1. The van der Waals surface area contributed by atoms with Crippen molar-refractivity contribution in [2.24, 2.45) is 0 Å². The van der Waals surface area contributed by atoms with Crippen molar-refractivity contribution in [2.45, 2.75) is 33.2 Å². The molecule has 2 rings (SSSR count). The van der Waals surface area contributed by atoms with Gasteiger partial charge in [0.05, 0.1) is 23.7 Å². The lowest BCUT2D eigenvalue weighted by atomic mass is 10.1. The molecular weight excluding hydrogens is 270 g/mol. The van der Waals surface area contributed by atoms with Gasteiger partial charge in [0.25, 0.3) is 5.91 Å². The predicted molar refractivity (Wildman–Crippen MR) is 79.3 cm³/mol. The normalized spacial score (nSPS) is 11.0. The highest BCUT2D eigenvalue weighted by molar-refractivity contribution is 6.05. The van der Waals surface area contributed by atoms with Gasteiger partial charge in [0.1, 0.15) is 0 Å². The molecule has 0 radical (unpaired) electrons. The van der Waals surface area contributed by atoms with Crippen molar-refractivity contribution in [1.29, 1.82) is 0 Å². The number of carboxylic acid groups (broad SMARTS) is 1. The van der Waals surface area contributed by atoms with Crippen LogP contribution in [0.4, 0.5) is 0 Å². The van der Waals surface area contributed by atoms with Crippen molar-refractivity contribution in [2.75, 3.05) is 6.54 Å². The number of aliphatic carboxylic acids is 1. The number of fused-ring (bicyclic) bond motifs is 1. The number of hydrogen-bond acceptors (Lipinski definition) is 3. The maximum atomic E-state index is 12.7. The lowest BCUT2D eigenvalue weighted by Gasteiger charge is -2.26. The van der Waals surface area contributed by atoms with Gasteiger partial charge in [0, 0.05) is 18.0 Å². The van der Waals surface area contributed by atoms with Crippen molar-refractivity contribution in [3.05, 3.63) is 29.5 Å². The summed E-state index contributed by atoms with van der Waals surface area (Å²) in [5.74, 6) is -1.09. The minimum Gasteiger partial charge on any atom is -0.481 e. The summed E-state index contributed by atoms with van der Waals surface area (Å²) in [6, 6.07) is 3.68. The first-order valence-corrected chi connectivity index (χ1v) is 6.86. The summed E-state index contributed by atoms with van der Waals surface area (Å²) in [6.45, 7) is 5.86. The molecule has 0 aliphatic heterocycles. The van der Waals surface area contributed by atoms with Crippen LogP contribution >= 0.6 is 0 Å². The molecule has 6 heteroatoms. The molecule has 0 aliphatic rings. The van der Waals surface area contributed by atoms with E-state index in [1.807, 2.05) is 26.8 Å². The molecule has 0 spiro atoms. The first-order chi connectivity index (χ1) is 9.90. The Labute approximate surface area is 122 Å². The fourth-order valence-corrected chi connectivity index (χ4v) is 2.34. The first kappa shape index (κ1) is 15.0. The smallest absolute Gasteiger partial charge is 0.305 e. The van der Waals surface area contributed by atoms with Crippen LogP contribution in [0.25, 0.3) is 10.9 Å². The minimum atomic E-state index is -0.913. The Hall–Kier alpha value is -2.37. The van der Waals surface area contributed by atoms with Gasteiger partial charge in [-0.25, -0.2) is 0 Å². The van der Waals surface area contributed by atoms with Gasteiger partial charge in [-0.3, -0.25) is 14.7 Å². The highest BCUT2D eigenvalue weighted by Crippen LogP contribution is 2.21. The molecule has 0 bridgehead atoms. The molecule has 0 saturated heterocycles. The summed E-state index contributed by atoms with van der Waals surface area (Å²) >= 11 is 0. The number of hydrogen-bond donors (Lipinski definition) is 2. The monoisotopic (exact) mass is 289 g/mol. The Bertz CT molecular complexity index is 676. The highest BCUT2D eigenvalue weighted by atomic mass is 16.4. The van der Waals surface area contributed by atoms with Gasteiger partial charge in [-0.05, 0) is 38.5 Å². The van der Waals surface area contributed by atoms with Crippen LogP contribution < -0.4 is 0 Å². The van der Waals surface area contributed by atoms with Crippen LogP contribution in [0.3, 0.4) is 0 Å². The third-order valence-corrected chi connectivity index (χ3v) is 3.37. The Morgan fingerprint density at radius 3 is 2.71 bits per heavy atom. The second-order valence-electron chi connectivity index (χ2n) is 5.38. The van der Waals surface area contributed by atoms with Gasteiger partial charge in [-0.2, -0.15) is 5.10 Å². The number of nitrogens with zero attached hydrogens (tertiary/aromatic N) is 2. The zero-order chi connectivity index (χ0) is 15.6. The molecule has 0 fully saturated rings. The third-order valence-electron chi connectivity index (χ3n) is 3.37. The van der Waals surface area contributed by atoms with Gasteiger partial charge < -0.3 is 10.0 Å². The molecule has 112 valence electrons. The summed E-state index contributed by atoms with van der Waals surface area (Å²) in [7, 11) is 0. The quantitative estimate of drug-likeness (QED) is 0.883. The van der Waals surface area contributed by atoms with E-state index in [2.05, 4.69) is 10.2 Å². The number of H-pyrrole nitrogens is 1. The van der Waals surface area contributed by atoms with Crippen molar-refractivity contribution < 1.29 is 14.7 Å². The molecule has 1 aromatic carbocycles. The summed E-state index contributed by atoms with van der Waals surface area (Å²) in [6.07, 6.45) is 1.61. The fourth-order valence-electron chi connectivity index (χ4n) is 2.34. The van der Waals surface area contributed by atoms with E-state index < -0.39 is 5.97 Å². The van der Waals surface area contributed by atoms with E-state index in [0.29, 0.717) is 11.1 Å². The average molecular weight is 289 g/mol. The number of carbonyl (C=O) groups excluding carboxylic acids is 1. The van der Waals surface area contributed by atoms with Gasteiger partial charge in [0.2, 0.25) is 0 Å². The largest absolute Gasteiger partial charge is 0.481 e. The Balaban J connectivity index is 2.38. The molecule has 0 aliphatic carbocycles. The molecule has 0 saturated carbocycles. The molecule has 0 atom stereocenters. The Morgan fingerprint density at radius 2 is 2.10 bits per heavy atom. The standard InChI is InChI=1S/C15H19N3O3/c1-9(2)18(5-4-13(19)20)15(21)12-7-10(3)6-11-8-16-17-14(11)12/h6-9H,4-5H2,1-3H3,(H,16,17)(H,19,20). The van der Waals surface area contributed by atoms with E-state index in [1.54, 1.807) is 17.2 Å². The second-order valence-corrected chi connectivity index (χ2v) is 5.38. The first-order valence-electron chi connectivity index (χ1n) is 6.86. The number of carboxylic acids is 1. The van der Waals surface area contributed by atoms with E-state index in [0.717, 1.165) is 10.9 Å². The topological polar surface area (TPSA) is 86.3 Å². The van der Waals surface area contributed by atoms with Gasteiger partial charge in [-0.15, -0.1) is 0 Å². The number of benzene rings is 1. The number of amides is 1. The Kier molecular flexibility index (Phi) is 4.26. The predicted octanol–water partition coefficient (Wildman–Crippen LogP) is 2.20. The number of aromatic nitrogens is 2. The molecule has 6 nitrogen and oxygen atoms in total. The molecule has 1 amide bonds. The van der Waals surface area contributed by atoms with Crippen LogP contribution in [0, 0.1) is 6.92 Å². The Morgan fingerprint density at radius 1 is 1.38 bits per heavy atom. The highest BCUT2D eigenvalue weighted by Gasteiger charge is 2.22. The lowest BCUT2D eigenvalue weighted by molar-refractivity contribution is -0.137. The third kappa shape index (κ3) is 3.21. The van der Waals surface area contributed by atoms with E-state index in [9.17, 15) is 9.59 Å². The number of carbonyl (C=O) groups is 2. The van der Waals surface area contributed by atoms with E-state index in [4.69, 9.17) is 5.11 Å². The van der Waals surface area contributed by atoms with Crippen LogP contribution in [0.15, 0.2) is 18.3 Å².